The number of rotatable bonds is 10. The molecule has 3 aromatic heterocycles. The number of hydrogen-bond donors (Lipinski definition) is 0. The summed E-state index contributed by atoms with van der Waals surface area (Å²) < 4.78 is 1.11. The lowest BCUT2D eigenvalue weighted by Gasteiger charge is -2.00. The zero-order valence-electron chi connectivity index (χ0n) is 16.5. The quantitative estimate of drug-likeness (QED) is 0.259. The van der Waals surface area contributed by atoms with E-state index in [0.29, 0.717) is 11.1 Å². The van der Waals surface area contributed by atoms with Crippen LogP contribution in [0.25, 0.3) is 19.5 Å². The lowest BCUT2D eigenvalue weighted by atomic mass is 10.0. The monoisotopic (exact) mass is 502 g/mol. The first-order chi connectivity index (χ1) is 14.2. The topological polar surface area (TPSA) is 47.6 Å². The van der Waals surface area contributed by atoms with E-state index in [0.717, 1.165) is 31.3 Å². The number of hydrogen-bond acceptors (Lipinski definition) is 5. The van der Waals surface area contributed by atoms with Crippen molar-refractivity contribution in [2.24, 2.45) is 0 Å². The van der Waals surface area contributed by atoms with Gasteiger partial charge in [0.15, 0.2) is 0 Å². The van der Waals surface area contributed by atoms with Gasteiger partial charge in [-0.2, -0.15) is 10.5 Å². The molecule has 6 heteroatoms. The van der Waals surface area contributed by atoms with Crippen LogP contribution in [0, 0.1) is 22.7 Å². The van der Waals surface area contributed by atoms with Crippen LogP contribution in [-0.2, 0) is 6.42 Å². The Morgan fingerprint density at radius 3 is 2.03 bits per heavy atom. The van der Waals surface area contributed by atoms with Gasteiger partial charge < -0.3 is 0 Å². The summed E-state index contributed by atoms with van der Waals surface area (Å²) in [6.07, 6.45) is 9.66. The molecule has 2 nitrogen and oxygen atoms in total. The number of nitriles is 2. The molecule has 0 bridgehead atoms. The summed E-state index contributed by atoms with van der Waals surface area (Å²) in [5.74, 6) is 0. The average Bonchev–Trinajstić information content (AvgIpc) is 3.44. The Balaban J connectivity index is 1.74. The van der Waals surface area contributed by atoms with Gasteiger partial charge in [0.1, 0.15) is 12.1 Å². The largest absolute Gasteiger partial charge is 0.192 e. The maximum absolute atomic E-state index is 9.73. The van der Waals surface area contributed by atoms with E-state index in [1.807, 2.05) is 0 Å². The zero-order valence-corrected chi connectivity index (χ0v) is 20.5. The van der Waals surface area contributed by atoms with Gasteiger partial charge in [0.25, 0.3) is 0 Å². The van der Waals surface area contributed by atoms with Crippen molar-refractivity contribution >= 4 is 49.9 Å². The molecule has 0 atom stereocenters. The number of halogens is 1. The van der Waals surface area contributed by atoms with Gasteiger partial charge in [0.05, 0.1) is 19.8 Å². The van der Waals surface area contributed by atoms with Crippen molar-refractivity contribution in [1.82, 2.24) is 0 Å². The molecule has 0 spiro atoms. The summed E-state index contributed by atoms with van der Waals surface area (Å²) in [6, 6.07) is 13.0. The van der Waals surface area contributed by atoms with Crippen molar-refractivity contribution < 1.29 is 0 Å². The Bertz CT molecular complexity index is 1030. The lowest BCUT2D eigenvalue weighted by molar-refractivity contribution is 0.590. The fourth-order valence-corrected chi connectivity index (χ4v) is 7.17. The third kappa shape index (κ3) is 5.58. The molecule has 0 saturated carbocycles. The first-order valence-electron chi connectivity index (χ1n) is 9.99. The Morgan fingerprint density at radius 2 is 1.38 bits per heavy atom. The van der Waals surface area contributed by atoms with Crippen LogP contribution in [0.4, 0.5) is 0 Å². The smallest absolute Gasteiger partial charge is 0.102 e. The molecule has 0 radical (unpaired) electrons. The molecule has 0 aliphatic carbocycles. The van der Waals surface area contributed by atoms with E-state index in [2.05, 4.69) is 59.3 Å². The van der Waals surface area contributed by atoms with Crippen molar-refractivity contribution in [2.45, 2.75) is 58.3 Å². The second kappa shape index (κ2) is 11.1. The van der Waals surface area contributed by atoms with Crippen molar-refractivity contribution in [3.05, 3.63) is 44.1 Å². The predicted octanol–water partition coefficient (Wildman–Crippen LogP) is 9.00. The van der Waals surface area contributed by atoms with E-state index in [1.54, 1.807) is 34.0 Å². The van der Waals surface area contributed by atoms with Crippen molar-refractivity contribution in [3.63, 3.8) is 0 Å². The van der Waals surface area contributed by atoms with Crippen molar-refractivity contribution in [3.8, 4) is 31.6 Å². The summed E-state index contributed by atoms with van der Waals surface area (Å²) in [7, 11) is 0. The van der Waals surface area contributed by atoms with Crippen LogP contribution < -0.4 is 0 Å². The third-order valence-corrected chi connectivity index (χ3v) is 9.19. The lowest BCUT2D eigenvalue weighted by Crippen LogP contribution is -1.88. The molecule has 0 aliphatic heterocycles. The standard InChI is InChI=1S/C23H23BrN2S3/c1-2-3-4-5-6-7-8-9-18-16(14-25)17(15-26)23(29-18)21-11-10-19(27-21)20-12-13-22(24)28-20/h10-13H,2-9H2,1H3. The Labute approximate surface area is 193 Å². The van der Waals surface area contributed by atoms with Gasteiger partial charge in [0.2, 0.25) is 0 Å². The van der Waals surface area contributed by atoms with Gasteiger partial charge in [-0.25, -0.2) is 0 Å². The zero-order chi connectivity index (χ0) is 20.6. The van der Waals surface area contributed by atoms with Gasteiger partial charge >= 0.3 is 0 Å². The number of nitrogens with zero attached hydrogens (tertiary/aromatic N) is 2. The van der Waals surface area contributed by atoms with Crippen LogP contribution in [0.15, 0.2) is 28.1 Å². The highest BCUT2D eigenvalue weighted by Crippen LogP contribution is 2.44. The SMILES string of the molecule is CCCCCCCCCc1sc(-c2ccc(-c3ccc(Br)s3)s2)c(C#N)c1C#N. The summed E-state index contributed by atoms with van der Waals surface area (Å²) in [4.78, 5) is 5.51. The number of thiophene rings is 3. The van der Waals surface area contributed by atoms with Gasteiger partial charge in [0, 0.05) is 19.5 Å². The summed E-state index contributed by atoms with van der Waals surface area (Å²) in [6.45, 7) is 2.24. The molecule has 0 aliphatic rings. The Morgan fingerprint density at radius 1 is 0.759 bits per heavy atom. The molecule has 0 fully saturated rings. The minimum atomic E-state index is 0.552. The second-order valence-electron chi connectivity index (χ2n) is 6.97. The summed E-state index contributed by atoms with van der Waals surface area (Å²) in [5, 5.41) is 19.4. The van der Waals surface area contributed by atoms with E-state index in [1.165, 1.54) is 48.3 Å². The third-order valence-electron chi connectivity index (χ3n) is 4.86. The van der Waals surface area contributed by atoms with Crippen LogP contribution in [0.3, 0.4) is 0 Å². The van der Waals surface area contributed by atoms with Crippen LogP contribution in [-0.4, -0.2) is 0 Å². The van der Waals surface area contributed by atoms with Crippen molar-refractivity contribution in [2.75, 3.05) is 0 Å². The van der Waals surface area contributed by atoms with Crippen LogP contribution in [0.5, 0.6) is 0 Å². The highest BCUT2D eigenvalue weighted by molar-refractivity contribution is 9.11. The summed E-state index contributed by atoms with van der Waals surface area (Å²) >= 11 is 8.55. The number of unbranched alkanes of at least 4 members (excludes halogenated alkanes) is 6. The van der Waals surface area contributed by atoms with Gasteiger partial charge in [-0.3, -0.25) is 0 Å². The van der Waals surface area contributed by atoms with Gasteiger partial charge in [-0.15, -0.1) is 34.0 Å². The van der Waals surface area contributed by atoms with Crippen LogP contribution in [0.1, 0.15) is 67.9 Å². The van der Waals surface area contributed by atoms with E-state index < -0.39 is 0 Å². The van der Waals surface area contributed by atoms with Crippen molar-refractivity contribution in [1.29, 1.82) is 10.5 Å². The Kier molecular flexibility index (Phi) is 8.51. The van der Waals surface area contributed by atoms with Gasteiger partial charge in [-0.1, -0.05) is 45.4 Å². The second-order valence-corrected chi connectivity index (χ2v) is 11.6. The molecule has 0 saturated heterocycles. The minimum Gasteiger partial charge on any atom is -0.192 e. The van der Waals surface area contributed by atoms with Crippen LogP contribution in [0.2, 0.25) is 0 Å². The molecule has 0 amide bonds. The van der Waals surface area contributed by atoms with E-state index in [9.17, 15) is 10.5 Å². The summed E-state index contributed by atoms with van der Waals surface area (Å²) in [5.41, 5.74) is 1.14. The minimum absolute atomic E-state index is 0.552. The van der Waals surface area contributed by atoms with Crippen LogP contribution >= 0.6 is 49.9 Å². The highest BCUT2D eigenvalue weighted by atomic mass is 79.9. The molecule has 3 rings (SSSR count). The molecule has 0 N–H and O–H groups in total. The van der Waals surface area contributed by atoms with E-state index >= 15 is 0 Å². The molecule has 0 aromatic carbocycles. The number of aryl methyl sites for hydroxylation is 1. The first-order valence-corrected chi connectivity index (χ1v) is 13.2. The maximum atomic E-state index is 9.73. The molecule has 0 unspecified atom stereocenters. The molecule has 150 valence electrons. The molecular weight excluding hydrogens is 480 g/mol. The van der Waals surface area contributed by atoms with Gasteiger partial charge in [-0.05, 0) is 53.0 Å². The highest BCUT2D eigenvalue weighted by Gasteiger charge is 2.20. The van der Waals surface area contributed by atoms with E-state index in [4.69, 9.17) is 0 Å². The Hall–Kier alpha value is -1.44. The predicted molar refractivity (Wildman–Crippen MR) is 130 cm³/mol. The molecule has 29 heavy (non-hydrogen) atoms. The normalized spacial score (nSPS) is 10.8. The average molecular weight is 504 g/mol. The maximum Gasteiger partial charge on any atom is 0.102 e. The molecule has 3 aromatic rings. The fourth-order valence-electron chi connectivity index (χ4n) is 3.33. The van der Waals surface area contributed by atoms with E-state index in [-0.39, 0.29) is 0 Å². The molecular formula is C23H23BrN2S3. The fraction of sp³-hybridized carbons (Fsp3) is 0.391. The molecule has 3 heterocycles. The first kappa shape index (κ1) is 22.2.